The van der Waals surface area contributed by atoms with Crippen LogP contribution >= 0.6 is 27.3 Å². The zero-order valence-electron chi connectivity index (χ0n) is 11.2. The average Bonchev–Trinajstić information content (AvgIpc) is 2.88. The molecule has 1 aromatic carbocycles. The molecule has 2 rings (SSSR count). The van der Waals surface area contributed by atoms with Crippen molar-refractivity contribution in [3.8, 4) is 0 Å². The molecule has 4 heteroatoms. The molecule has 0 fully saturated rings. The third-order valence-corrected chi connectivity index (χ3v) is 5.10. The lowest BCUT2D eigenvalue weighted by atomic mass is 10.2. The average molecular weight is 339 g/mol. The van der Waals surface area contributed by atoms with Gasteiger partial charge in [-0.05, 0) is 59.1 Å². The minimum Gasteiger partial charge on any atom is -0.375 e. The topological polar surface area (TPSA) is 38.0 Å². The van der Waals surface area contributed by atoms with Gasteiger partial charge in [0.2, 0.25) is 0 Å². The van der Waals surface area contributed by atoms with E-state index in [2.05, 4.69) is 65.4 Å². The summed E-state index contributed by atoms with van der Waals surface area (Å²) in [5.41, 5.74) is 8.26. The van der Waals surface area contributed by atoms with Crippen LogP contribution in [0.3, 0.4) is 0 Å². The van der Waals surface area contributed by atoms with E-state index in [-0.39, 0.29) is 6.04 Å². The minimum atomic E-state index is 0.170. The standard InChI is InChI=1S/C15H19BrN2S/c1-3-11-5-7-15(19-11)14(9-17)18-13-8-10(2)4-6-12(13)16/h4-8,14,18H,3,9,17H2,1-2H3. The summed E-state index contributed by atoms with van der Waals surface area (Å²) in [5.74, 6) is 0. The van der Waals surface area contributed by atoms with Gasteiger partial charge in [-0.15, -0.1) is 11.3 Å². The van der Waals surface area contributed by atoms with E-state index in [1.165, 1.54) is 15.3 Å². The molecule has 0 aliphatic rings. The molecule has 1 aromatic heterocycles. The highest BCUT2D eigenvalue weighted by molar-refractivity contribution is 9.10. The largest absolute Gasteiger partial charge is 0.375 e. The molecule has 0 saturated heterocycles. The summed E-state index contributed by atoms with van der Waals surface area (Å²) in [4.78, 5) is 2.70. The zero-order chi connectivity index (χ0) is 13.8. The van der Waals surface area contributed by atoms with Gasteiger partial charge in [0, 0.05) is 26.5 Å². The number of anilines is 1. The highest BCUT2D eigenvalue weighted by atomic mass is 79.9. The Morgan fingerprint density at radius 1 is 1.32 bits per heavy atom. The monoisotopic (exact) mass is 338 g/mol. The van der Waals surface area contributed by atoms with Crippen molar-refractivity contribution in [1.29, 1.82) is 0 Å². The minimum absolute atomic E-state index is 0.170. The van der Waals surface area contributed by atoms with Crippen LogP contribution < -0.4 is 11.1 Å². The molecule has 0 saturated carbocycles. The summed E-state index contributed by atoms with van der Waals surface area (Å²) in [6, 6.07) is 10.8. The third kappa shape index (κ3) is 3.59. The molecule has 19 heavy (non-hydrogen) atoms. The maximum Gasteiger partial charge on any atom is 0.0729 e. The van der Waals surface area contributed by atoms with Crippen molar-refractivity contribution in [1.82, 2.24) is 0 Å². The quantitative estimate of drug-likeness (QED) is 0.842. The van der Waals surface area contributed by atoms with Crippen molar-refractivity contribution in [3.05, 3.63) is 50.1 Å². The van der Waals surface area contributed by atoms with E-state index in [0.29, 0.717) is 6.54 Å². The summed E-state index contributed by atoms with van der Waals surface area (Å²) >= 11 is 5.42. The first-order valence-electron chi connectivity index (χ1n) is 6.45. The molecule has 2 aromatic rings. The lowest BCUT2D eigenvalue weighted by Crippen LogP contribution is -2.19. The van der Waals surface area contributed by atoms with E-state index in [1.807, 2.05) is 11.3 Å². The molecular weight excluding hydrogens is 320 g/mol. The zero-order valence-corrected chi connectivity index (χ0v) is 13.6. The summed E-state index contributed by atoms with van der Waals surface area (Å²) in [7, 11) is 0. The highest BCUT2D eigenvalue weighted by Crippen LogP contribution is 2.30. The lowest BCUT2D eigenvalue weighted by molar-refractivity contribution is 0.805. The van der Waals surface area contributed by atoms with Gasteiger partial charge in [0.1, 0.15) is 0 Å². The number of thiophene rings is 1. The highest BCUT2D eigenvalue weighted by Gasteiger charge is 2.13. The van der Waals surface area contributed by atoms with Gasteiger partial charge in [-0.1, -0.05) is 13.0 Å². The van der Waals surface area contributed by atoms with E-state index >= 15 is 0 Å². The van der Waals surface area contributed by atoms with E-state index in [9.17, 15) is 0 Å². The van der Waals surface area contributed by atoms with E-state index in [0.717, 1.165) is 16.6 Å². The van der Waals surface area contributed by atoms with Crippen LogP contribution in [0.15, 0.2) is 34.8 Å². The van der Waals surface area contributed by atoms with Crippen LogP contribution in [0.4, 0.5) is 5.69 Å². The van der Waals surface area contributed by atoms with Crippen LogP contribution in [-0.4, -0.2) is 6.54 Å². The van der Waals surface area contributed by atoms with Gasteiger partial charge >= 0.3 is 0 Å². The molecule has 102 valence electrons. The molecule has 1 heterocycles. The second kappa shape index (κ2) is 6.55. The Labute approximate surface area is 127 Å². The summed E-state index contributed by atoms with van der Waals surface area (Å²) < 4.78 is 1.07. The van der Waals surface area contributed by atoms with Gasteiger partial charge < -0.3 is 11.1 Å². The Balaban J connectivity index is 2.21. The number of rotatable bonds is 5. The first-order valence-corrected chi connectivity index (χ1v) is 8.06. The van der Waals surface area contributed by atoms with Crippen LogP contribution in [0.25, 0.3) is 0 Å². The molecule has 0 aliphatic carbocycles. The van der Waals surface area contributed by atoms with Gasteiger partial charge in [0.05, 0.1) is 6.04 Å². The van der Waals surface area contributed by atoms with Gasteiger partial charge in [-0.25, -0.2) is 0 Å². The molecule has 1 unspecified atom stereocenters. The maximum atomic E-state index is 5.92. The number of aryl methyl sites for hydroxylation is 2. The number of benzene rings is 1. The van der Waals surface area contributed by atoms with Crippen LogP contribution in [0.5, 0.6) is 0 Å². The van der Waals surface area contributed by atoms with Crippen molar-refractivity contribution in [2.45, 2.75) is 26.3 Å². The first kappa shape index (κ1) is 14.6. The fraction of sp³-hybridized carbons (Fsp3) is 0.333. The van der Waals surface area contributed by atoms with E-state index in [4.69, 9.17) is 5.73 Å². The fourth-order valence-corrected chi connectivity index (χ4v) is 3.33. The van der Waals surface area contributed by atoms with Crippen molar-refractivity contribution >= 4 is 33.0 Å². The third-order valence-electron chi connectivity index (χ3n) is 3.06. The second-order valence-electron chi connectivity index (χ2n) is 4.57. The van der Waals surface area contributed by atoms with Crippen LogP contribution in [0.2, 0.25) is 0 Å². The SMILES string of the molecule is CCc1ccc(C(CN)Nc2cc(C)ccc2Br)s1. The summed E-state index contributed by atoms with van der Waals surface area (Å²) in [6.45, 7) is 4.86. The summed E-state index contributed by atoms with van der Waals surface area (Å²) in [6.07, 6.45) is 1.08. The predicted molar refractivity (Wildman–Crippen MR) is 88.0 cm³/mol. The molecule has 0 radical (unpaired) electrons. The van der Waals surface area contributed by atoms with Gasteiger partial charge in [-0.2, -0.15) is 0 Å². The number of nitrogens with two attached hydrogens (primary N) is 1. The molecule has 3 N–H and O–H groups in total. The normalized spacial score (nSPS) is 12.4. The molecule has 0 bridgehead atoms. The van der Waals surface area contributed by atoms with Crippen molar-refractivity contribution in [2.24, 2.45) is 5.73 Å². The Bertz CT molecular complexity index is 551. The molecule has 0 aliphatic heterocycles. The second-order valence-corrected chi connectivity index (χ2v) is 6.63. The van der Waals surface area contributed by atoms with Crippen LogP contribution in [0.1, 0.15) is 28.3 Å². The number of hydrogen-bond acceptors (Lipinski definition) is 3. The molecule has 0 amide bonds. The maximum absolute atomic E-state index is 5.92. The lowest BCUT2D eigenvalue weighted by Gasteiger charge is -2.18. The Morgan fingerprint density at radius 2 is 2.11 bits per heavy atom. The fourth-order valence-electron chi connectivity index (χ4n) is 1.96. The molecular formula is C15H19BrN2S. The molecule has 2 nitrogen and oxygen atoms in total. The smallest absolute Gasteiger partial charge is 0.0729 e. The first-order chi connectivity index (χ1) is 9.13. The number of hydrogen-bond donors (Lipinski definition) is 2. The van der Waals surface area contributed by atoms with Crippen LogP contribution in [-0.2, 0) is 6.42 Å². The Kier molecular flexibility index (Phi) is 5.02. The summed E-state index contributed by atoms with van der Waals surface area (Å²) in [5, 5.41) is 3.53. The van der Waals surface area contributed by atoms with Gasteiger partial charge in [-0.3, -0.25) is 0 Å². The van der Waals surface area contributed by atoms with E-state index in [1.54, 1.807) is 0 Å². The van der Waals surface area contributed by atoms with Crippen LogP contribution in [0, 0.1) is 6.92 Å². The van der Waals surface area contributed by atoms with E-state index < -0.39 is 0 Å². The number of halogens is 1. The van der Waals surface area contributed by atoms with Gasteiger partial charge in [0.25, 0.3) is 0 Å². The molecule has 1 atom stereocenters. The number of nitrogens with one attached hydrogen (secondary N) is 1. The Morgan fingerprint density at radius 3 is 2.74 bits per heavy atom. The van der Waals surface area contributed by atoms with Crippen molar-refractivity contribution < 1.29 is 0 Å². The van der Waals surface area contributed by atoms with Gasteiger partial charge in [0.15, 0.2) is 0 Å². The predicted octanol–water partition coefficient (Wildman–Crippen LogP) is 4.49. The molecule has 0 spiro atoms. The van der Waals surface area contributed by atoms with Crippen molar-refractivity contribution in [3.63, 3.8) is 0 Å². The Hall–Kier alpha value is -0.840. The van der Waals surface area contributed by atoms with Crippen molar-refractivity contribution in [2.75, 3.05) is 11.9 Å².